The van der Waals surface area contributed by atoms with Gasteiger partial charge in [0, 0.05) is 18.8 Å². The lowest BCUT2D eigenvalue weighted by atomic mass is 9.99. The van der Waals surface area contributed by atoms with Gasteiger partial charge in [0.15, 0.2) is 0 Å². The average Bonchev–Trinajstić information content (AvgIpc) is 3.10. The molecule has 1 amide bonds. The van der Waals surface area contributed by atoms with Crippen LogP contribution in [0, 0.1) is 12.8 Å². The van der Waals surface area contributed by atoms with Crippen molar-refractivity contribution in [1.29, 1.82) is 0 Å². The van der Waals surface area contributed by atoms with Crippen molar-refractivity contribution in [3.05, 3.63) is 41.4 Å². The first-order valence-electron chi connectivity index (χ1n) is 7.75. The van der Waals surface area contributed by atoms with Crippen LogP contribution in [0.5, 0.6) is 0 Å². The van der Waals surface area contributed by atoms with Crippen molar-refractivity contribution in [2.45, 2.75) is 24.0 Å². The lowest BCUT2D eigenvalue weighted by Crippen LogP contribution is -2.43. The summed E-state index contributed by atoms with van der Waals surface area (Å²) in [6, 6.07) is 8.72. The topological polar surface area (TPSA) is 79.4 Å². The highest BCUT2D eigenvalue weighted by atomic mass is 32.2. The van der Waals surface area contributed by atoms with Gasteiger partial charge in [0.25, 0.3) is 10.0 Å². The van der Waals surface area contributed by atoms with E-state index in [1.54, 1.807) is 23.6 Å². The van der Waals surface area contributed by atoms with E-state index in [1.807, 2.05) is 19.1 Å². The van der Waals surface area contributed by atoms with Gasteiger partial charge in [-0.3, -0.25) is 4.79 Å². The van der Waals surface area contributed by atoms with Crippen LogP contribution in [0.25, 0.3) is 0 Å². The number of thiophene rings is 1. The van der Waals surface area contributed by atoms with Crippen molar-refractivity contribution in [1.82, 2.24) is 9.29 Å². The van der Waals surface area contributed by atoms with E-state index in [0.717, 1.165) is 5.69 Å². The van der Waals surface area contributed by atoms with Gasteiger partial charge in [0.1, 0.15) is 10.0 Å². The van der Waals surface area contributed by atoms with E-state index in [0.29, 0.717) is 29.4 Å². The van der Waals surface area contributed by atoms with Gasteiger partial charge in [-0.15, -0.1) is 11.3 Å². The van der Waals surface area contributed by atoms with E-state index < -0.39 is 10.0 Å². The number of anilines is 1. The number of amides is 1. The number of nitrogens with zero attached hydrogens (tertiary/aromatic N) is 2. The zero-order chi connectivity index (χ0) is 17.2. The Morgan fingerprint density at radius 1 is 1.33 bits per heavy atom. The van der Waals surface area contributed by atoms with Crippen molar-refractivity contribution in [2.24, 2.45) is 5.92 Å². The molecule has 1 atom stereocenters. The predicted octanol–water partition coefficient (Wildman–Crippen LogP) is 2.49. The highest BCUT2D eigenvalue weighted by Crippen LogP contribution is 2.26. The zero-order valence-electron chi connectivity index (χ0n) is 13.3. The molecular formula is C16H19N3O3S2. The van der Waals surface area contributed by atoms with Gasteiger partial charge in [-0.2, -0.15) is 4.31 Å². The van der Waals surface area contributed by atoms with Crippen LogP contribution in [0.15, 0.2) is 39.9 Å². The van der Waals surface area contributed by atoms with E-state index in [2.05, 4.69) is 10.3 Å². The number of sulfonamides is 1. The van der Waals surface area contributed by atoms with Gasteiger partial charge in [-0.1, -0.05) is 12.1 Å². The highest BCUT2D eigenvalue weighted by Gasteiger charge is 2.33. The van der Waals surface area contributed by atoms with E-state index in [1.165, 1.54) is 15.6 Å². The van der Waals surface area contributed by atoms with Crippen molar-refractivity contribution >= 4 is 33.1 Å². The molecule has 3 rings (SSSR count). The maximum absolute atomic E-state index is 12.6. The van der Waals surface area contributed by atoms with Crippen LogP contribution in [-0.4, -0.2) is 36.7 Å². The number of carbonyl (C=O) groups is 1. The predicted molar refractivity (Wildman–Crippen MR) is 93.4 cm³/mol. The van der Waals surface area contributed by atoms with Crippen LogP contribution >= 0.6 is 11.3 Å². The van der Waals surface area contributed by atoms with Crippen LogP contribution < -0.4 is 5.32 Å². The quantitative estimate of drug-likeness (QED) is 0.903. The van der Waals surface area contributed by atoms with Crippen molar-refractivity contribution < 1.29 is 13.2 Å². The molecule has 3 heterocycles. The fourth-order valence-electron chi connectivity index (χ4n) is 2.75. The van der Waals surface area contributed by atoms with Crippen LogP contribution in [0.4, 0.5) is 5.82 Å². The van der Waals surface area contributed by atoms with Crippen molar-refractivity contribution in [2.75, 3.05) is 18.4 Å². The van der Waals surface area contributed by atoms with Crippen LogP contribution in [0.2, 0.25) is 0 Å². The average molecular weight is 365 g/mol. The van der Waals surface area contributed by atoms with Crippen molar-refractivity contribution in [3.8, 4) is 0 Å². The molecule has 0 aliphatic carbocycles. The molecule has 1 unspecified atom stereocenters. The van der Waals surface area contributed by atoms with E-state index >= 15 is 0 Å². The van der Waals surface area contributed by atoms with E-state index in [-0.39, 0.29) is 18.4 Å². The fraction of sp³-hybridized carbons (Fsp3) is 0.375. The number of aromatic nitrogens is 1. The minimum atomic E-state index is -3.51. The Labute approximate surface area is 145 Å². The monoisotopic (exact) mass is 365 g/mol. The van der Waals surface area contributed by atoms with Gasteiger partial charge in [0.2, 0.25) is 5.91 Å². The first kappa shape index (κ1) is 17.1. The Balaban J connectivity index is 1.70. The third-order valence-corrected chi connectivity index (χ3v) is 7.22. The molecular weight excluding hydrogens is 346 g/mol. The number of piperidine rings is 1. The summed E-state index contributed by atoms with van der Waals surface area (Å²) in [6.07, 6.45) is 1.35. The summed E-state index contributed by atoms with van der Waals surface area (Å²) < 4.78 is 27.0. The Morgan fingerprint density at radius 3 is 2.88 bits per heavy atom. The molecule has 0 aromatic carbocycles. The third kappa shape index (κ3) is 3.66. The first-order chi connectivity index (χ1) is 11.5. The van der Waals surface area contributed by atoms with Crippen LogP contribution in [0.1, 0.15) is 18.5 Å². The molecule has 1 fully saturated rings. The first-order valence-corrected chi connectivity index (χ1v) is 10.1. The Kier molecular flexibility index (Phi) is 4.98. The number of aryl methyl sites for hydroxylation is 1. The second-order valence-corrected chi connectivity index (χ2v) is 8.90. The van der Waals surface area contributed by atoms with Gasteiger partial charge in [0.05, 0.1) is 5.92 Å². The minimum Gasteiger partial charge on any atom is -0.310 e. The van der Waals surface area contributed by atoms with E-state index in [9.17, 15) is 13.2 Å². The Hall–Kier alpha value is -1.77. The molecule has 128 valence electrons. The molecule has 0 saturated carbocycles. The zero-order valence-corrected chi connectivity index (χ0v) is 14.9. The number of nitrogens with one attached hydrogen (secondary N) is 1. The van der Waals surface area contributed by atoms with Crippen molar-refractivity contribution in [3.63, 3.8) is 0 Å². The van der Waals surface area contributed by atoms with Gasteiger partial charge in [-0.05, 0) is 43.3 Å². The SMILES string of the molecule is Cc1cccc(NC(=O)C2CCCN(S(=O)(=O)c3cccs3)C2)n1. The summed E-state index contributed by atoms with van der Waals surface area (Å²) in [5.41, 5.74) is 0.818. The molecule has 1 aliphatic rings. The second kappa shape index (κ2) is 7.00. The number of hydrogen-bond donors (Lipinski definition) is 1. The molecule has 1 N–H and O–H groups in total. The van der Waals surface area contributed by atoms with Crippen LogP contribution in [0.3, 0.4) is 0 Å². The molecule has 6 nitrogen and oxygen atoms in total. The maximum atomic E-state index is 12.6. The summed E-state index contributed by atoms with van der Waals surface area (Å²) in [6.45, 7) is 2.51. The molecule has 0 radical (unpaired) electrons. The summed E-state index contributed by atoms with van der Waals surface area (Å²) in [4.78, 5) is 16.7. The molecule has 1 aliphatic heterocycles. The minimum absolute atomic E-state index is 0.181. The van der Waals surface area contributed by atoms with Crippen LogP contribution in [-0.2, 0) is 14.8 Å². The normalized spacial score (nSPS) is 19.1. The smallest absolute Gasteiger partial charge is 0.252 e. The van der Waals surface area contributed by atoms with E-state index in [4.69, 9.17) is 0 Å². The number of pyridine rings is 1. The fourth-order valence-corrected chi connectivity index (χ4v) is 5.42. The molecule has 8 heteroatoms. The Morgan fingerprint density at radius 2 is 2.17 bits per heavy atom. The Bertz CT molecular complexity index is 819. The summed E-state index contributed by atoms with van der Waals surface area (Å²) in [5, 5.41) is 4.53. The number of hydrogen-bond acceptors (Lipinski definition) is 5. The number of carbonyl (C=O) groups excluding carboxylic acids is 1. The standard InChI is InChI=1S/C16H19N3O3S2/c1-12-5-2-7-14(17-12)18-16(20)13-6-3-9-19(11-13)24(21,22)15-8-4-10-23-15/h2,4-5,7-8,10,13H,3,6,9,11H2,1H3,(H,17,18,20). The summed E-state index contributed by atoms with van der Waals surface area (Å²) in [7, 11) is -3.51. The molecule has 0 spiro atoms. The van der Waals surface area contributed by atoms with Gasteiger partial charge < -0.3 is 5.32 Å². The molecule has 2 aromatic heterocycles. The largest absolute Gasteiger partial charge is 0.310 e. The lowest BCUT2D eigenvalue weighted by Gasteiger charge is -2.30. The molecule has 0 bridgehead atoms. The lowest BCUT2D eigenvalue weighted by molar-refractivity contribution is -0.120. The second-order valence-electron chi connectivity index (χ2n) is 5.79. The molecule has 1 saturated heterocycles. The third-order valence-electron chi connectivity index (χ3n) is 3.98. The van der Waals surface area contributed by atoms with Gasteiger partial charge in [-0.25, -0.2) is 13.4 Å². The summed E-state index contributed by atoms with van der Waals surface area (Å²) >= 11 is 1.20. The number of rotatable bonds is 4. The van der Waals surface area contributed by atoms with Gasteiger partial charge >= 0.3 is 0 Å². The molecule has 2 aromatic rings. The summed E-state index contributed by atoms with van der Waals surface area (Å²) in [5.74, 6) is -0.0479. The highest BCUT2D eigenvalue weighted by molar-refractivity contribution is 7.91. The maximum Gasteiger partial charge on any atom is 0.252 e. The molecule has 24 heavy (non-hydrogen) atoms.